The average Bonchev–Trinajstić information content (AvgIpc) is 2.75. The van der Waals surface area contributed by atoms with Crippen molar-refractivity contribution in [3.05, 3.63) is 0 Å². The molecule has 0 spiro atoms. The summed E-state index contributed by atoms with van der Waals surface area (Å²) in [5.41, 5.74) is 0.486. The van der Waals surface area contributed by atoms with E-state index in [1.807, 2.05) is 0 Å². The first kappa shape index (κ1) is 24.3. The molecule has 0 heterocycles. The van der Waals surface area contributed by atoms with Gasteiger partial charge in [-0.1, -0.05) is 48.5 Å². The molecule has 0 bridgehead atoms. The van der Waals surface area contributed by atoms with E-state index in [1.165, 1.54) is 32.1 Å². The van der Waals surface area contributed by atoms with E-state index >= 15 is 0 Å². The van der Waals surface area contributed by atoms with Crippen molar-refractivity contribution in [2.45, 2.75) is 119 Å². The number of carbonyl (C=O) groups is 1. The third kappa shape index (κ3) is 2.85. The van der Waals surface area contributed by atoms with Crippen LogP contribution in [-0.4, -0.2) is 28.7 Å². The van der Waals surface area contributed by atoms with Crippen molar-refractivity contribution in [3.63, 3.8) is 0 Å². The maximum absolute atomic E-state index is 12.8. The van der Waals surface area contributed by atoms with Crippen molar-refractivity contribution in [3.8, 4) is 0 Å². The van der Waals surface area contributed by atoms with Gasteiger partial charge in [0.05, 0.1) is 6.10 Å². The van der Waals surface area contributed by atoms with E-state index < -0.39 is 6.10 Å². The zero-order valence-corrected chi connectivity index (χ0v) is 22.5. The molecular weight excluding hydrogens is 408 g/mol. The first-order valence-corrected chi connectivity index (χ1v) is 14.0. The molecule has 188 valence electrons. The topological polar surface area (TPSA) is 57.5 Å². The number of ketones is 1. The van der Waals surface area contributed by atoms with Crippen LogP contribution in [-0.2, 0) is 4.79 Å². The zero-order chi connectivity index (χ0) is 24.2. The van der Waals surface area contributed by atoms with Crippen molar-refractivity contribution in [2.75, 3.05) is 6.61 Å². The van der Waals surface area contributed by atoms with Gasteiger partial charge in [-0.2, -0.15) is 0 Å². The number of Topliss-reactive ketones (excluding diaryl/α,β-unsaturated/α-hetero) is 1. The predicted molar refractivity (Wildman–Crippen MR) is 133 cm³/mol. The van der Waals surface area contributed by atoms with Gasteiger partial charge in [0.25, 0.3) is 0 Å². The molecule has 2 N–H and O–H groups in total. The molecule has 0 aliphatic heterocycles. The normalized spacial score (nSPS) is 58.0. The standard InChI is InChI=1S/C30H50O3/c1-19-20(32)8-9-21-27(5)13-15-30(18-31)23-17-25(2,3)10-11-26(23,4)12-14-28(30,6)22(27)16-24(33)29(19,21)7/h19,21-24,31,33H,8-18H2,1-7H3. The molecule has 3 nitrogen and oxygen atoms in total. The molecule has 5 saturated carbocycles. The van der Waals surface area contributed by atoms with Gasteiger partial charge in [-0.05, 0) is 97.2 Å². The molecule has 5 fully saturated rings. The van der Waals surface area contributed by atoms with Crippen LogP contribution in [0.15, 0.2) is 0 Å². The summed E-state index contributed by atoms with van der Waals surface area (Å²) in [4.78, 5) is 12.8. The van der Waals surface area contributed by atoms with Crippen molar-refractivity contribution in [2.24, 2.45) is 56.2 Å². The second-order valence-corrected chi connectivity index (χ2v) is 15.3. The number of aliphatic hydroxyl groups excluding tert-OH is 2. The van der Waals surface area contributed by atoms with Gasteiger partial charge >= 0.3 is 0 Å². The second-order valence-electron chi connectivity index (χ2n) is 15.3. The Morgan fingerprint density at radius 1 is 0.879 bits per heavy atom. The summed E-state index contributed by atoms with van der Waals surface area (Å²) >= 11 is 0. The highest BCUT2D eigenvalue weighted by Crippen LogP contribution is 2.78. The largest absolute Gasteiger partial charge is 0.396 e. The van der Waals surface area contributed by atoms with Gasteiger partial charge in [-0.25, -0.2) is 0 Å². The van der Waals surface area contributed by atoms with Crippen LogP contribution >= 0.6 is 0 Å². The molecule has 5 aliphatic rings. The van der Waals surface area contributed by atoms with E-state index in [1.54, 1.807) is 0 Å². The van der Waals surface area contributed by atoms with Crippen molar-refractivity contribution in [1.82, 2.24) is 0 Å². The minimum atomic E-state index is -0.428. The van der Waals surface area contributed by atoms with Gasteiger partial charge in [0.1, 0.15) is 5.78 Å². The molecule has 5 aliphatic carbocycles. The average molecular weight is 459 g/mol. The smallest absolute Gasteiger partial charge is 0.136 e. The van der Waals surface area contributed by atoms with Crippen LogP contribution in [0.1, 0.15) is 113 Å². The van der Waals surface area contributed by atoms with Gasteiger partial charge in [0, 0.05) is 29.8 Å². The molecule has 0 saturated heterocycles. The van der Waals surface area contributed by atoms with E-state index in [-0.39, 0.29) is 27.6 Å². The lowest BCUT2D eigenvalue weighted by atomic mass is 9.29. The summed E-state index contributed by atoms with van der Waals surface area (Å²) in [5.74, 6) is 1.64. The Morgan fingerprint density at radius 2 is 1.55 bits per heavy atom. The third-order valence-electron chi connectivity index (χ3n) is 13.8. The summed E-state index contributed by atoms with van der Waals surface area (Å²) in [7, 11) is 0. The second kappa shape index (κ2) is 7.09. The Morgan fingerprint density at radius 3 is 2.21 bits per heavy atom. The fourth-order valence-electron chi connectivity index (χ4n) is 11.2. The SMILES string of the molecule is CC1C(=O)CCC2C3(C)CCC4(CO)C5CC(C)(C)CCC5(C)CCC4(C)C3CC(O)C12C. The predicted octanol–water partition coefficient (Wildman–Crippen LogP) is 6.40. The molecule has 0 aromatic rings. The number of rotatable bonds is 1. The Bertz CT molecular complexity index is 834. The first-order chi connectivity index (χ1) is 15.2. The van der Waals surface area contributed by atoms with Gasteiger partial charge in [0.15, 0.2) is 0 Å². The van der Waals surface area contributed by atoms with Crippen molar-refractivity contribution in [1.29, 1.82) is 0 Å². The number of fused-ring (bicyclic) bond motifs is 7. The van der Waals surface area contributed by atoms with Gasteiger partial charge in [-0.3, -0.25) is 4.79 Å². The van der Waals surface area contributed by atoms with E-state index in [2.05, 4.69) is 48.5 Å². The third-order valence-corrected chi connectivity index (χ3v) is 13.8. The Hall–Kier alpha value is -0.410. The van der Waals surface area contributed by atoms with Crippen LogP contribution in [0.25, 0.3) is 0 Å². The summed E-state index contributed by atoms with van der Waals surface area (Å²) in [5, 5.41) is 23.0. The molecule has 3 heteroatoms. The molecule has 5 rings (SSSR count). The van der Waals surface area contributed by atoms with Crippen LogP contribution in [0.2, 0.25) is 0 Å². The molecule has 10 atom stereocenters. The van der Waals surface area contributed by atoms with E-state index in [9.17, 15) is 15.0 Å². The highest BCUT2D eigenvalue weighted by molar-refractivity contribution is 5.82. The Balaban J connectivity index is 1.60. The van der Waals surface area contributed by atoms with Crippen LogP contribution < -0.4 is 0 Å². The quantitative estimate of drug-likeness (QED) is 0.478. The summed E-state index contributed by atoms with van der Waals surface area (Å²) in [6.07, 6.45) is 10.4. The van der Waals surface area contributed by atoms with E-state index in [4.69, 9.17) is 0 Å². The summed E-state index contributed by atoms with van der Waals surface area (Å²) < 4.78 is 0. The molecule has 0 aromatic heterocycles. The van der Waals surface area contributed by atoms with E-state index in [0.717, 1.165) is 25.7 Å². The van der Waals surface area contributed by atoms with Crippen LogP contribution in [0, 0.1) is 56.2 Å². The molecule has 0 aromatic carbocycles. The van der Waals surface area contributed by atoms with Gasteiger partial charge in [-0.15, -0.1) is 0 Å². The summed E-state index contributed by atoms with van der Waals surface area (Å²) in [6, 6.07) is 0. The number of hydrogen-bond donors (Lipinski definition) is 2. The zero-order valence-electron chi connectivity index (χ0n) is 22.5. The molecule has 0 radical (unpaired) electrons. The lowest BCUT2D eigenvalue weighted by Crippen LogP contribution is -2.71. The number of carbonyl (C=O) groups excluding carboxylic acids is 1. The highest BCUT2D eigenvalue weighted by atomic mass is 16.3. The maximum atomic E-state index is 12.8. The van der Waals surface area contributed by atoms with Crippen LogP contribution in [0.5, 0.6) is 0 Å². The van der Waals surface area contributed by atoms with Crippen LogP contribution in [0.3, 0.4) is 0 Å². The minimum Gasteiger partial charge on any atom is -0.396 e. The Kier molecular flexibility index (Phi) is 5.22. The minimum absolute atomic E-state index is 0.0410. The number of aliphatic hydroxyl groups is 2. The van der Waals surface area contributed by atoms with Gasteiger partial charge < -0.3 is 10.2 Å². The number of hydrogen-bond acceptors (Lipinski definition) is 3. The van der Waals surface area contributed by atoms with E-state index in [0.29, 0.717) is 47.4 Å². The van der Waals surface area contributed by atoms with Crippen molar-refractivity contribution < 1.29 is 15.0 Å². The monoisotopic (exact) mass is 458 g/mol. The summed E-state index contributed by atoms with van der Waals surface area (Å²) in [6.45, 7) is 17.0. The highest BCUT2D eigenvalue weighted by Gasteiger charge is 2.73. The fourth-order valence-corrected chi connectivity index (χ4v) is 11.2. The van der Waals surface area contributed by atoms with Gasteiger partial charge in [0.2, 0.25) is 0 Å². The molecule has 0 amide bonds. The molecule has 10 unspecified atom stereocenters. The lowest BCUT2D eigenvalue weighted by Gasteiger charge is -2.75. The van der Waals surface area contributed by atoms with Crippen LogP contribution in [0.4, 0.5) is 0 Å². The molecule has 33 heavy (non-hydrogen) atoms. The van der Waals surface area contributed by atoms with Crippen molar-refractivity contribution >= 4 is 5.78 Å². The lowest BCUT2D eigenvalue weighted by molar-refractivity contribution is -0.287. The fraction of sp³-hybridized carbons (Fsp3) is 0.967. The molecular formula is C30H50O3. The Labute approximate surface area is 202 Å². The first-order valence-electron chi connectivity index (χ1n) is 14.0. The maximum Gasteiger partial charge on any atom is 0.136 e.